The molecule has 0 bridgehead atoms. The van der Waals surface area contributed by atoms with Gasteiger partial charge in [0.25, 0.3) is 5.91 Å². The van der Waals surface area contributed by atoms with Crippen molar-refractivity contribution in [1.29, 1.82) is 0 Å². The molecule has 4 rings (SSSR count). The third kappa shape index (κ3) is 4.01. The van der Waals surface area contributed by atoms with Crippen LogP contribution < -0.4 is 10.1 Å². The number of fused-ring (bicyclic) bond motifs is 1. The number of rotatable bonds is 6. The van der Waals surface area contributed by atoms with Crippen LogP contribution >= 0.6 is 11.6 Å². The Bertz CT molecular complexity index is 979. The van der Waals surface area contributed by atoms with Crippen LogP contribution in [-0.4, -0.2) is 37.6 Å². The molecular formula is C22H23ClN2O3. The third-order valence-corrected chi connectivity index (χ3v) is 5.45. The highest BCUT2D eigenvalue weighted by atomic mass is 35.5. The van der Waals surface area contributed by atoms with Crippen LogP contribution in [0.2, 0.25) is 5.02 Å². The summed E-state index contributed by atoms with van der Waals surface area (Å²) in [7, 11) is 1.67. The Hall–Kier alpha value is -2.50. The fourth-order valence-corrected chi connectivity index (χ4v) is 3.94. The summed E-state index contributed by atoms with van der Waals surface area (Å²) in [5.74, 6) is 0.893. The highest BCUT2D eigenvalue weighted by molar-refractivity contribution is 6.31. The van der Waals surface area contributed by atoms with Crippen molar-refractivity contribution in [2.75, 3.05) is 26.7 Å². The number of amides is 1. The predicted molar refractivity (Wildman–Crippen MR) is 110 cm³/mol. The lowest BCUT2D eigenvalue weighted by molar-refractivity contribution is 0.0912. The molecule has 1 aromatic heterocycles. The molecule has 1 fully saturated rings. The maximum atomic E-state index is 12.7. The Balaban J connectivity index is 1.52. The Labute approximate surface area is 169 Å². The number of carbonyl (C=O) groups is 1. The highest BCUT2D eigenvalue weighted by Gasteiger charge is 2.25. The second-order valence-corrected chi connectivity index (χ2v) is 7.47. The van der Waals surface area contributed by atoms with Crippen molar-refractivity contribution in [3.8, 4) is 5.75 Å². The van der Waals surface area contributed by atoms with Gasteiger partial charge in [0, 0.05) is 17.0 Å². The summed E-state index contributed by atoms with van der Waals surface area (Å²) < 4.78 is 11.1. The summed E-state index contributed by atoms with van der Waals surface area (Å²) in [6.45, 7) is 2.56. The van der Waals surface area contributed by atoms with Crippen LogP contribution in [-0.2, 0) is 0 Å². The first-order valence-electron chi connectivity index (χ1n) is 9.49. The maximum Gasteiger partial charge on any atom is 0.287 e. The van der Waals surface area contributed by atoms with Crippen molar-refractivity contribution in [2.45, 2.75) is 18.9 Å². The average molecular weight is 399 g/mol. The first-order chi connectivity index (χ1) is 13.6. The van der Waals surface area contributed by atoms with Crippen LogP contribution in [0.1, 0.15) is 35.0 Å². The topological polar surface area (TPSA) is 54.7 Å². The van der Waals surface area contributed by atoms with Gasteiger partial charge >= 0.3 is 0 Å². The number of likely N-dealkylation sites (tertiary alicyclic amines) is 1. The summed E-state index contributed by atoms with van der Waals surface area (Å²) in [5.41, 5.74) is 1.79. The summed E-state index contributed by atoms with van der Waals surface area (Å²) >= 11 is 6.02. The molecule has 0 radical (unpaired) electrons. The largest absolute Gasteiger partial charge is 0.497 e. The number of halogens is 1. The van der Waals surface area contributed by atoms with Crippen LogP contribution in [0.4, 0.5) is 0 Å². The van der Waals surface area contributed by atoms with Gasteiger partial charge < -0.3 is 14.5 Å². The lowest BCUT2D eigenvalue weighted by Crippen LogP contribution is -2.36. The number of hydrogen-bond donors (Lipinski definition) is 1. The van der Waals surface area contributed by atoms with Crippen LogP contribution in [0.15, 0.2) is 52.9 Å². The number of nitrogens with one attached hydrogen (secondary N) is 1. The lowest BCUT2D eigenvalue weighted by atomic mass is 10.0. The van der Waals surface area contributed by atoms with E-state index in [1.54, 1.807) is 31.4 Å². The zero-order valence-corrected chi connectivity index (χ0v) is 16.5. The summed E-state index contributed by atoms with van der Waals surface area (Å²) in [5, 5.41) is 4.48. The second-order valence-electron chi connectivity index (χ2n) is 7.04. The van der Waals surface area contributed by atoms with Crippen LogP contribution in [0.3, 0.4) is 0 Å². The van der Waals surface area contributed by atoms with Crippen molar-refractivity contribution in [1.82, 2.24) is 10.2 Å². The fraction of sp³-hybridized carbons (Fsp3) is 0.318. The van der Waals surface area contributed by atoms with Gasteiger partial charge in [-0.05, 0) is 67.9 Å². The molecule has 3 aromatic rings. The minimum absolute atomic E-state index is 0.0976. The number of benzene rings is 2. The van der Waals surface area contributed by atoms with Gasteiger partial charge in [0.05, 0.1) is 13.2 Å². The van der Waals surface area contributed by atoms with E-state index < -0.39 is 0 Å². The summed E-state index contributed by atoms with van der Waals surface area (Å²) in [6, 6.07) is 15.2. The first-order valence-corrected chi connectivity index (χ1v) is 9.87. The molecule has 1 saturated heterocycles. The number of furan rings is 1. The third-order valence-electron chi connectivity index (χ3n) is 5.22. The number of ether oxygens (including phenoxy) is 1. The molecule has 1 N–H and O–H groups in total. The van der Waals surface area contributed by atoms with Gasteiger partial charge in [-0.2, -0.15) is 0 Å². The Morgan fingerprint density at radius 3 is 2.82 bits per heavy atom. The van der Waals surface area contributed by atoms with Crippen LogP contribution in [0.5, 0.6) is 5.75 Å². The molecule has 2 aromatic carbocycles. The molecule has 28 heavy (non-hydrogen) atoms. The zero-order valence-electron chi connectivity index (χ0n) is 15.8. The van der Waals surface area contributed by atoms with Gasteiger partial charge in [0.15, 0.2) is 5.76 Å². The molecule has 1 aliphatic heterocycles. The Kier molecular flexibility index (Phi) is 5.55. The van der Waals surface area contributed by atoms with Gasteiger partial charge in [0.1, 0.15) is 11.3 Å². The normalized spacial score (nSPS) is 15.6. The maximum absolute atomic E-state index is 12.7. The molecule has 146 valence electrons. The molecule has 0 spiro atoms. The van der Waals surface area contributed by atoms with Crippen molar-refractivity contribution in [2.24, 2.45) is 0 Å². The van der Waals surface area contributed by atoms with E-state index in [1.165, 1.54) is 12.8 Å². The number of methoxy groups -OCH3 is 1. The average Bonchev–Trinajstić information content (AvgIpc) is 3.38. The van der Waals surface area contributed by atoms with Crippen molar-refractivity contribution >= 4 is 28.5 Å². The smallest absolute Gasteiger partial charge is 0.287 e. The van der Waals surface area contributed by atoms with E-state index in [9.17, 15) is 4.79 Å². The lowest BCUT2D eigenvalue weighted by Gasteiger charge is -2.28. The van der Waals surface area contributed by atoms with Gasteiger partial charge in [0.2, 0.25) is 0 Å². The van der Waals surface area contributed by atoms with E-state index >= 15 is 0 Å². The highest BCUT2D eigenvalue weighted by Crippen LogP contribution is 2.28. The molecule has 0 aliphatic carbocycles. The van der Waals surface area contributed by atoms with E-state index in [0.717, 1.165) is 29.8 Å². The summed E-state index contributed by atoms with van der Waals surface area (Å²) in [6.07, 6.45) is 2.36. The molecule has 0 saturated carbocycles. The fourth-order valence-electron chi connectivity index (χ4n) is 3.76. The second kappa shape index (κ2) is 8.25. The number of hydrogen-bond acceptors (Lipinski definition) is 4. The van der Waals surface area contributed by atoms with Crippen LogP contribution in [0.25, 0.3) is 11.0 Å². The van der Waals surface area contributed by atoms with Crippen molar-refractivity contribution in [3.63, 3.8) is 0 Å². The molecule has 1 atom stereocenters. The van der Waals surface area contributed by atoms with Crippen molar-refractivity contribution in [3.05, 3.63) is 64.9 Å². The summed E-state index contributed by atoms with van der Waals surface area (Å²) in [4.78, 5) is 15.1. The van der Waals surface area contributed by atoms with E-state index in [0.29, 0.717) is 22.9 Å². The van der Waals surface area contributed by atoms with Crippen LogP contribution in [0, 0.1) is 0 Å². The van der Waals surface area contributed by atoms with Gasteiger partial charge in [-0.25, -0.2) is 0 Å². The Morgan fingerprint density at radius 1 is 1.21 bits per heavy atom. The van der Waals surface area contributed by atoms with Gasteiger partial charge in [-0.15, -0.1) is 0 Å². The standard InChI is InChI=1S/C22H23ClN2O3/c1-27-18-6-4-5-15(12-18)19(25-9-2-3-10-25)14-24-22(26)21-13-16-11-17(23)7-8-20(16)28-21/h4-8,11-13,19H,2-3,9-10,14H2,1H3,(H,24,26). The van der Waals surface area contributed by atoms with Crippen molar-refractivity contribution < 1.29 is 13.9 Å². The Morgan fingerprint density at radius 2 is 2.04 bits per heavy atom. The minimum Gasteiger partial charge on any atom is -0.497 e. The molecule has 1 amide bonds. The van der Waals surface area contributed by atoms with Gasteiger partial charge in [-0.3, -0.25) is 9.69 Å². The molecule has 6 heteroatoms. The van der Waals surface area contributed by atoms with Gasteiger partial charge in [-0.1, -0.05) is 23.7 Å². The molecule has 2 heterocycles. The van der Waals surface area contributed by atoms with E-state index in [1.807, 2.05) is 18.2 Å². The zero-order chi connectivity index (χ0) is 19.5. The number of carbonyl (C=O) groups excluding carboxylic acids is 1. The molecule has 1 unspecified atom stereocenters. The van der Waals surface area contributed by atoms with E-state index in [-0.39, 0.29) is 11.9 Å². The SMILES string of the molecule is COc1cccc(C(CNC(=O)c2cc3cc(Cl)ccc3o2)N2CCCC2)c1. The quantitative estimate of drug-likeness (QED) is 0.656. The van der Waals surface area contributed by atoms with E-state index in [2.05, 4.69) is 16.3 Å². The number of nitrogens with zero attached hydrogens (tertiary/aromatic N) is 1. The molecule has 1 aliphatic rings. The first kappa shape index (κ1) is 18.8. The minimum atomic E-state index is -0.223. The van der Waals surface area contributed by atoms with E-state index in [4.69, 9.17) is 20.8 Å². The monoisotopic (exact) mass is 398 g/mol. The molecular weight excluding hydrogens is 376 g/mol. The molecule has 5 nitrogen and oxygen atoms in total. The predicted octanol–water partition coefficient (Wildman–Crippen LogP) is 4.66.